The van der Waals surface area contributed by atoms with E-state index in [9.17, 15) is 9.90 Å². The standard InChI is InChI=1S/C21H40N2O2/c1-17(8-7-13-21(2,3)25)22-20(24)19-11-14-23(15-12-19)16-18-9-5-4-6-10-18/h17-19,25H,4-16H2,1-3H3,(H,22,24). The maximum Gasteiger partial charge on any atom is 0.223 e. The summed E-state index contributed by atoms with van der Waals surface area (Å²) in [7, 11) is 0. The van der Waals surface area contributed by atoms with E-state index in [1.165, 1.54) is 38.6 Å². The lowest BCUT2D eigenvalue weighted by Gasteiger charge is -2.35. The Morgan fingerprint density at radius 1 is 1.16 bits per heavy atom. The Kier molecular flexibility index (Phi) is 8.21. The summed E-state index contributed by atoms with van der Waals surface area (Å²) >= 11 is 0. The fourth-order valence-corrected chi connectivity index (χ4v) is 4.39. The number of nitrogens with zero attached hydrogens (tertiary/aromatic N) is 1. The van der Waals surface area contributed by atoms with Crippen LogP contribution in [0.25, 0.3) is 0 Å². The molecule has 0 spiro atoms. The van der Waals surface area contributed by atoms with Crippen molar-refractivity contribution >= 4 is 5.91 Å². The maximum atomic E-state index is 12.5. The van der Waals surface area contributed by atoms with Gasteiger partial charge in [0.15, 0.2) is 0 Å². The van der Waals surface area contributed by atoms with Crippen molar-refractivity contribution in [1.29, 1.82) is 0 Å². The molecule has 146 valence electrons. The van der Waals surface area contributed by atoms with E-state index in [-0.39, 0.29) is 17.9 Å². The van der Waals surface area contributed by atoms with Crippen LogP contribution in [0.3, 0.4) is 0 Å². The normalized spacial score (nSPS) is 22.7. The number of hydrogen-bond acceptors (Lipinski definition) is 3. The Bertz CT molecular complexity index is 391. The van der Waals surface area contributed by atoms with Crippen LogP contribution in [0.4, 0.5) is 0 Å². The molecule has 2 rings (SSSR count). The largest absolute Gasteiger partial charge is 0.390 e. The van der Waals surface area contributed by atoms with Crippen LogP contribution in [0.1, 0.15) is 85.0 Å². The number of amides is 1. The van der Waals surface area contributed by atoms with Crippen molar-refractivity contribution in [3.05, 3.63) is 0 Å². The average Bonchev–Trinajstić information content (AvgIpc) is 2.55. The zero-order chi connectivity index (χ0) is 18.3. The fourth-order valence-electron chi connectivity index (χ4n) is 4.39. The fraction of sp³-hybridized carbons (Fsp3) is 0.952. The van der Waals surface area contributed by atoms with E-state index in [4.69, 9.17) is 0 Å². The first-order valence-corrected chi connectivity index (χ1v) is 10.6. The number of aliphatic hydroxyl groups is 1. The predicted octanol–water partition coefficient (Wildman–Crippen LogP) is 3.72. The highest BCUT2D eigenvalue weighted by atomic mass is 16.3. The van der Waals surface area contributed by atoms with Gasteiger partial charge in [0.25, 0.3) is 0 Å². The lowest BCUT2D eigenvalue weighted by Crippen LogP contribution is -2.44. The molecule has 1 aliphatic carbocycles. The van der Waals surface area contributed by atoms with Crippen molar-refractivity contribution in [2.75, 3.05) is 19.6 Å². The third-order valence-electron chi connectivity index (χ3n) is 6.01. The van der Waals surface area contributed by atoms with E-state index >= 15 is 0 Å². The van der Waals surface area contributed by atoms with E-state index in [0.717, 1.165) is 51.1 Å². The van der Waals surface area contributed by atoms with Crippen LogP contribution in [0.2, 0.25) is 0 Å². The molecule has 2 aliphatic rings. The zero-order valence-electron chi connectivity index (χ0n) is 16.7. The van der Waals surface area contributed by atoms with Gasteiger partial charge in [0.1, 0.15) is 0 Å². The second-order valence-electron chi connectivity index (χ2n) is 9.19. The minimum Gasteiger partial charge on any atom is -0.390 e. The second-order valence-corrected chi connectivity index (χ2v) is 9.19. The topological polar surface area (TPSA) is 52.6 Å². The summed E-state index contributed by atoms with van der Waals surface area (Å²) in [4.78, 5) is 15.1. The van der Waals surface area contributed by atoms with Crippen molar-refractivity contribution in [3.8, 4) is 0 Å². The first kappa shape index (κ1) is 20.7. The van der Waals surface area contributed by atoms with Crippen LogP contribution in [-0.4, -0.2) is 47.2 Å². The molecule has 1 saturated carbocycles. The van der Waals surface area contributed by atoms with Crippen LogP contribution in [0.5, 0.6) is 0 Å². The molecular weight excluding hydrogens is 312 g/mol. The van der Waals surface area contributed by atoms with E-state index in [1.807, 2.05) is 13.8 Å². The molecule has 0 aromatic carbocycles. The first-order chi connectivity index (χ1) is 11.8. The van der Waals surface area contributed by atoms with Crippen LogP contribution >= 0.6 is 0 Å². The number of piperidine rings is 1. The molecule has 0 aromatic heterocycles. The van der Waals surface area contributed by atoms with Crippen molar-refractivity contribution in [2.45, 2.75) is 96.6 Å². The molecule has 1 saturated heterocycles. The minimum absolute atomic E-state index is 0.194. The van der Waals surface area contributed by atoms with E-state index in [2.05, 4.69) is 17.1 Å². The van der Waals surface area contributed by atoms with E-state index in [0.29, 0.717) is 0 Å². The Balaban J connectivity index is 1.61. The molecular formula is C21H40N2O2. The third kappa shape index (κ3) is 8.08. The molecule has 0 aromatic rings. The highest BCUT2D eigenvalue weighted by Gasteiger charge is 2.27. The predicted molar refractivity (Wildman–Crippen MR) is 103 cm³/mol. The quantitative estimate of drug-likeness (QED) is 0.700. The summed E-state index contributed by atoms with van der Waals surface area (Å²) in [6.45, 7) is 9.19. The monoisotopic (exact) mass is 352 g/mol. The third-order valence-corrected chi connectivity index (χ3v) is 6.01. The molecule has 2 fully saturated rings. The van der Waals surface area contributed by atoms with Gasteiger partial charge >= 0.3 is 0 Å². The van der Waals surface area contributed by atoms with E-state index in [1.54, 1.807) is 0 Å². The summed E-state index contributed by atoms with van der Waals surface area (Å²) in [6.07, 6.45) is 11.7. The van der Waals surface area contributed by atoms with Crippen LogP contribution in [-0.2, 0) is 4.79 Å². The highest BCUT2D eigenvalue weighted by molar-refractivity contribution is 5.79. The van der Waals surface area contributed by atoms with Gasteiger partial charge in [0, 0.05) is 18.5 Å². The second kappa shape index (κ2) is 9.91. The number of carbonyl (C=O) groups is 1. The summed E-state index contributed by atoms with van der Waals surface area (Å²) in [5.74, 6) is 1.34. The molecule has 1 amide bonds. The summed E-state index contributed by atoms with van der Waals surface area (Å²) < 4.78 is 0. The molecule has 1 aliphatic heterocycles. The van der Waals surface area contributed by atoms with Crippen LogP contribution in [0.15, 0.2) is 0 Å². The van der Waals surface area contributed by atoms with Crippen molar-refractivity contribution in [2.24, 2.45) is 11.8 Å². The van der Waals surface area contributed by atoms with Gasteiger partial charge in [0.2, 0.25) is 5.91 Å². The van der Waals surface area contributed by atoms with Gasteiger partial charge in [-0.25, -0.2) is 0 Å². The minimum atomic E-state index is -0.602. The molecule has 1 unspecified atom stereocenters. The van der Waals surface area contributed by atoms with Crippen LogP contribution in [0, 0.1) is 11.8 Å². The van der Waals surface area contributed by atoms with E-state index < -0.39 is 5.60 Å². The van der Waals surface area contributed by atoms with Crippen molar-refractivity contribution in [1.82, 2.24) is 10.2 Å². The molecule has 0 bridgehead atoms. The summed E-state index contributed by atoms with van der Waals surface area (Å²) in [5.41, 5.74) is -0.602. The molecule has 4 nitrogen and oxygen atoms in total. The van der Waals surface area contributed by atoms with Gasteiger partial charge in [-0.1, -0.05) is 19.3 Å². The smallest absolute Gasteiger partial charge is 0.223 e. The Labute approximate surface area is 154 Å². The van der Waals surface area contributed by atoms with Crippen molar-refractivity contribution in [3.63, 3.8) is 0 Å². The van der Waals surface area contributed by atoms with Crippen molar-refractivity contribution < 1.29 is 9.90 Å². The lowest BCUT2D eigenvalue weighted by atomic mass is 9.87. The number of rotatable bonds is 8. The SMILES string of the molecule is CC(CCCC(C)(C)O)NC(=O)C1CCN(CC2CCCCC2)CC1. The lowest BCUT2D eigenvalue weighted by molar-refractivity contribution is -0.127. The Morgan fingerprint density at radius 3 is 2.40 bits per heavy atom. The van der Waals surface area contributed by atoms with Gasteiger partial charge < -0.3 is 15.3 Å². The van der Waals surface area contributed by atoms with Gasteiger partial charge in [-0.3, -0.25) is 4.79 Å². The highest BCUT2D eigenvalue weighted by Crippen LogP contribution is 2.26. The molecule has 1 heterocycles. The average molecular weight is 353 g/mol. The van der Waals surface area contributed by atoms with Crippen LogP contribution < -0.4 is 5.32 Å². The molecule has 0 radical (unpaired) electrons. The number of likely N-dealkylation sites (tertiary alicyclic amines) is 1. The summed E-state index contributed by atoms with van der Waals surface area (Å²) in [6, 6.07) is 0.204. The maximum absolute atomic E-state index is 12.5. The number of carbonyl (C=O) groups excluding carboxylic acids is 1. The Morgan fingerprint density at radius 2 is 1.80 bits per heavy atom. The summed E-state index contributed by atoms with van der Waals surface area (Å²) in [5, 5.41) is 13.0. The first-order valence-electron chi connectivity index (χ1n) is 10.6. The number of hydrogen-bond donors (Lipinski definition) is 2. The zero-order valence-corrected chi connectivity index (χ0v) is 16.7. The number of nitrogens with one attached hydrogen (secondary N) is 1. The molecule has 1 atom stereocenters. The van der Waals surface area contributed by atoms with Gasteiger partial charge in [-0.15, -0.1) is 0 Å². The van der Waals surface area contributed by atoms with Gasteiger partial charge in [0.05, 0.1) is 5.60 Å². The van der Waals surface area contributed by atoms with Gasteiger partial charge in [-0.2, -0.15) is 0 Å². The van der Waals surface area contributed by atoms with Gasteiger partial charge in [-0.05, 0) is 84.7 Å². The Hall–Kier alpha value is -0.610. The molecule has 2 N–H and O–H groups in total. The molecule has 4 heteroatoms. The molecule has 25 heavy (non-hydrogen) atoms.